The molecule has 0 saturated carbocycles. The maximum atomic E-state index is 12.2. The van der Waals surface area contributed by atoms with Crippen LogP contribution in [0, 0.1) is 0 Å². The van der Waals surface area contributed by atoms with Crippen LogP contribution in [0.15, 0.2) is 41.1 Å². The SMILES string of the molecule is CC(c1cc2ccccc2o1)N(C)C(=O)c1ncn[nH]1. The van der Waals surface area contributed by atoms with E-state index in [0.29, 0.717) is 0 Å². The number of aromatic nitrogens is 3. The summed E-state index contributed by atoms with van der Waals surface area (Å²) in [6, 6.07) is 9.51. The Balaban J connectivity index is 1.87. The van der Waals surface area contributed by atoms with Crippen LogP contribution < -0.4 is 0 Å². The average Bonchev–Trinajstić information content (AvgIpc) is 3.13. The molecule has 2 aromatic heterocycles. The fourth-order valence-electron chi connectivity index (χ4n) is 2.05. The zero-order valence-electron chi connectivity index (χ0n) is 11.2. The molecule has 1 unspecified atom stereocenters. The second-order valence-electron chi connectivity index (χ2n) is 4.61. The molecule has 1 amide bonds. The molecular formula is C14H14N4O2. The summed E-state index contributed by atoms with van der Waals surface area (Å²) in [5, 5.41) is 7.28. The molecule has 0 radical (unpaired) electrons. The van der Waals surface area contributed by atoms with Crippen molar-refractivity contribution in [2.24, 2.45) is 0 Å². The normalized spacial score (nSPS) is 12.5. The van der Waals surface area contributed by atoms with Crippen LogP contribution in [-0.4, -0.2) is 33.0 Å². The molecule has 0 spiro atoms. The molecule has 3 rings (SSSR count). The van der Waals surface area contributed by atoms with E-state index in [1.807, 2.05) is 37.3 Å². The van der Waals surface area contributed by atoms with Gasteiger partial charge in [-0.15, -0.1) is 0 Å². The molecule has 1 aromatic carbocycles. The number of carbonyl (C=O) groups excluding carboxylic acids is 1. The minimum atomic E-state index is -0.226. The Labute approximate surface area is 115 Å². The molecule has 0 fully saturated rings. The lowest BCUT2D eigenvalue weighted by Gasteiger charge is -2.21. The smallest absolute Gasteiger partial charge is 0.291 e. The molecule has 0 aliphatic carbocycles. The highest BCUT2D eigenvalue weighted by atomic mass is 16.3. The number of amides is 1. The number of nitrogens with zero attached hydrogens (tertiary/aromatic N) is 3. The zero-order chi connectivity index (χ0) is 14.1. The summed E-state index contributed by atoms with van der Waals surface area (Å²) in [5.74, 6) is 0.729. The summed E-state index contributed by atoms with van der Waals surface area (Å²) >= 11 is 0. The van der Waals surface area contributed by atoms with E-state index in [1.54, 1.807) is 11.9 Å². The van der Waals surface area contributed by atoms with Gasteiger partial charge in [0.1, 0.15) is 17.7 Å². The number of rotatable bonds is 3. The van der Waals surface area contributed by atoms with Gasteiger partial charge in [-0.1, -0.05) is 18.2 Å². The predicted octanol–water partition coefficient (Wildman–Crippen LogP) is 2.38. The topological polar surface area (TPSA) is 75.0 Å². The number of hydrogen-bond donors (Lipinski definition) is 1. The first-order chi connectivity index (χ1) is 9.66. The second kappa shape index (κ2) is 4.80. The number of fused-ring (bicyclic) bond motifs is 1. The summed E-state index contributed by atoms with van der Waals surface area (Å²) in [5.41, 5.74) is 0.815. The van der Waals surface area contributed by atoms with Crippen molar-refractivity contribution >= 4 is 16.9 Å². The zero-order valence-corrected chi connectivity index (χ0v) is 11.2. The molecule has 0 saturated heterocycles. The van der Waals surface area contributed by atoms with Crippen LogP contribution in [0.3, 0.4) is 0 Å². The quantitative estimate of drug-likeness (QED) is 0.792. The summed E-state index contributed by atoms with van der Waals surface area (Å²) in [7, 11) is 1.71. The van der Waals surface area contributed by atoms with Crippen LogP contribution in [-0.2, 0) is 0 Å². The third-order valence-corrected chi connectivity index (χ3v) is 3.38. The van der Waals surface area contributed by atoms with Gasteiger partial charge in [-0.25, -0.2) is 4.98 Å². The van der Waals surface area contributed by atoms with Crippen molar-refractivity contribution in [3.63, 3.8) is 0 Å². The van der Waals surface area contributed by atoms with Gasteiger partial charge in [0.05, 0.1) is 6.04 Å². The van der Waals surface area contributed by atoms with Gasteiger partial charge >= 0.3 is 0 Å². The standard InChI is InChI=1S/C14H14N4O2/c1-9(18(2)14(19)13-15-8-16-17-13)12-7-10-5-3-4-6-11(10)20-12/h3-9H,1-2H3,(H,15,16,17). The Morgan fingerprint density at radius 3 is 2.90 bits per heavy atom. The van der Waals surface area contributed by atoms with Crippen LogP contribution in [0.25, 0.3) is 11.0 Å². The summed E-state index contributed by atoms with van der Waals surface area (Å²) in [6.45, 7) is 1.91. The van der Waals surface area contributed by atoms with Gasteiger partial charge in [-0.05, 0) is 19.1 Å². The lowest BCUT2D eigenvalue weighted by atomic mass is 10.2. The molecule has 6 nitrogen and oxygen atoms in total. The molecule has 6 heteroatoms. The van der Waals surface area contributed by atoms with Gasteiger partial charge in [0.15, 0.2) is 0 Å². The molecule has 0 aliphatic heterocycles. The fourth-order valence-corrected chi connectivity index (χ4v) is 2.05. The van der Waals surface area contributed by atoms with E-state index in [4.69, 9.17) is 4.42 Å². The van der Waals surface area contributed by atoms with Gasteiger partial charge < -0.3 is 9.32 Å². The van der Waals surface area contributed by atoms with Crippen LogP contribution in [0.1, 0.15) is 29.3 Å². The molecular weight excluding hydrogens is 256 g/mol. The van der Waals surface area contributed by atoms with Crippen LogP contribution in [0.4, 0.5) is 0 Å². The minimum absolute atomic E-state index is 0.194. The van der Waals surface area contributed by atoms with E-state index in [-0.39, 0.29) is 17.8 Å². The molecule has 2 heterocycles. The molecule has 3 aromatic rings. The van der Waals surface area contributed by atoms with E-state index < -0.39 is 0 Å². The largest absolute Gasteiger partial charge is 0.459 e. The number of H-pyrrole nitrogens is 1. The molecule has 102 valence electrons. The summed E-state index contributed by atoms with van der Waals surface area (Å²) in [4.78, 5) is 17.6. The Morgan fingerprint density at radius 1 is 1.40 bits per heavy atom. The lowest BCUT2D eigenvalue weighted by Crippen LogP contribution is -2.30. The summed E-state index contributed by atoms with van der Waals surface area (Å²) < 4.78 is 5.78. The summed E-state index contributed by atoms with van der Waals surface area (Å²) in [6.07, 6.45) is 1.31. The number of aromatic amines is 1. The lowest BCUT2D eigenvalue weighted by molar-refractivity contribution is 0.0715. The number of carbonyl (C=O) groups is 1. The van der Waals surface area contributed by atoms with Gasteiger partial charge in [0.25, 0.3) is 5.91 Å². The highest BCUT2D eigenvalue weighted by Crippen LogP contribution is 2.27. The van der Waals surface area contributed by atoms with E-state index >= 15 is 0 Å². The minimum Gasteiger partial charge on any atom is -0.459 e. The van der Waals surface area contributed by atoms with Gasteiger partial charge in [0, 0.05) is 12.4 Å². The maximum Gasteiger partial charge on any atom is 0.291 e. The number of hydrogen-bond acceptors (Lipinski definition) is 4. The van der Waals surface area contributed by atoms with Crippen molar-refractivity contribution in [1.82, 2.24) is 20.1 Å². The number of furan rings is 1. The Bertz CT molecular complexity index is 700. The van der Waals surface area contributed by atoms with E-state index in [2.05, 4.69) is 15.2 Å². The fraction of sp³-hybridized carbons (Fsp3) is 0.214. The predicted molar refractivity (Wildman–Crippen MR) is 73.1 cm³/mol. The maximum absolute atomic E-state index is 12.2. The van der Waals surface area contributed by atoms with Crippen molar-refractivity contribution in [3.05, 3.63) is 48.2 Å². The molecule has 20 heavy (non-hydrogen) atoms. The Morgan fingerprint density at radius 2 is 2.20 bits per heavy atom. The number of para-hydroxylation sites is 1. The highest BCUT2D eigenvalue weighted by molar-refractivity contribution is 5.90. The van der Waals surface area contributed by atoms with Gasteiger partial charge in [-0.3, -0.25) is 9.89 Å². The number of benzene rings is 1. The third-order valence-electron chi connectivity index (χ3n) is 3.38. The monoisotopic (exact) mass is 270 g/mol. The molecule has 1 N–H and O–H groups in total. The van der Waals surface area contributed by atoms with E-state index in [9.17, 15) is 4.79 Å². The molecule has 1 atom stereocenters. The molecule has 0 aliphatic rings. The highest BCUT2D eigenvalue weighted by Gasteiger charge is 2.23. The first-order valence-electron chi connectivity index (χ1n) is 6.28. The van der Waals surface area contributed by atoms with Crippen molar-refractivity contribution in [1.29, 1.82) is 0 Å². The number of nitrogens with one attached hydrogen (secondary N) is 1. The first kappa shape index (κ1) is 12.4. The van der Waals surface area contributed by atoms with E-state index in [0.717, 1.165) is 16.7 Å². The van der Waals surface area contributed by atoms with Crippen LogP contribution in [0.2, 0.25) is 0 Å². The Hall–Kier alpha value is -2.63. The van der Waals surface area contributed by atoms with Crippen molar-refractivity contribution < 1.29 is 9.21 Å². The van der Waals surface area contributed by atoms with Crippen molar-refractivity contribution in [3.8, 4) is 0 Å². The van der Waals surface area contributed by atoms with Gasteiger partial charge in [-0.2, -0.15) is 5.10 Å². The molecule has 0 bridgehead atoms. The van der Waals surface area contributed by atoms with Crippen molar-refractivity contribution in [2.75, 3.05) is 7.05 Å². The van der Waals surface area contributed by atoms with E-state index in [1.165, 1.54) is 6.33 Å². The first-order valence-corrected chi connectivity index (χ1v) is 6.28. The van der Waals surface area contributed by atoms with Gasteiger partial charge in [0.2, 0.25) is 5.82 Å². The average molecular weight is 270 g/mol. The van der Waals surface area contributed by atoms with Crippen LogP contribution in [0.5, 0.6) is 0 Å². The second-order valence-corrected chi connectivity index (χ2v) is 4.61. The van der Waals surface area contributed by atoms with Crippen LogP contribution >= 0.6 is 0 Å². The Kier molecular flexibility index (Phi) is 2.98. The van der Waals surface area contributed by atoms with Crippen molar-refractivity contribution in [2.45, 2.75) is 13.0 Å². The third kappa shape index (κ3) is 2.05.